The van der Waals surface area contributed by atoms with Crippen LogP contribution in [0.5, 0.6) is 0 Å². The van der Waals surface area contributed by atoms with Crippen molar-refractivity contribution in [1.82, 2.24) is 19.4 Å². The summed E-state index contributed by atoms with van der Waals surface area (Å²) in [5.41, 5.74) is 0. The second kappa shape index (κ2) is 6.55. The number of aromatic nitrogens is 2. The molecule has 0 bridgehead atoms. The van der Waals surface area contributed by atoms with Gasteiger partial charge in [-0.1, -0.05) is 6.92 Å². The maximum atomic E-state index is 12.2. The summed E-state index contributed by atoms with van der Waals surface area (Å²) >= 11 is 0. The Kier molecular flexibility index (Phi) is 5.00. The van der Waals surface area contributed by atoms with Gasteiger partial charge in [0.1, 0.15) is 0 Å². The Morgan fingerprint density at radius 3 is 2.65 bits per heavy atom. The Hall–Kier alpha value is -1.12. The molecule has 0 unspecified atom stereocenters. The second-order valence-electron chi connectivity index (χ2n) is 5.13. The highest BCUT2D eigenvalue weighted by atomic mass is 32.2. The lowest BCUT2D eigenvalue weighted by Gasteiger charge is -2.31. The first kappa shape index (κ1) is 15.3. The van der Waals surface area contributed by atoms with Crippen LogP contribution < -0.4 is 10.0 Å². The fourth-order valence-electron chi connectivity index (χ4n) is 2.37. The lowest BCUT2D eigenvalue weighted by atomic mass is 9.98. The van der Waals surface area contributed by atoms with E-state index in [4.69, 9.17) is 0 Å². The van der Waals surface area contributed by atoms with E-state index < -0.39 is 10.2 Å². The number of piperidine rings is 1. The number of nitrogens with one attached hydrogen (secondary N) is 2. The van der Waals surface area contributed by atoms with Gasteiger partial charge < -0.3 is 5.32 Å². The highest BCUT2D eigenvalue weighted by molar-refractivity contribution is 7.90. The fraction of sp³-hybridized carbons (Fsp3) is 0.750. The van der Waals surface area contributed by atoms with Gasteiger partial charge >= 0.3 is 10.2 Å². The number of hydrogen-bond donors (Lipinski definition) is 2. The van der Waals surface area contributed by atoms with Crippen molar-refractivity contribution < 1.29 is 8.42 Å². The molecule has 1 aliphatic heterocycles. The molecule has 0 radical (unpaired) electrons. The van der Waals surface area contributed by atoms with Gasteiger partial charge in [-0.15, -0.1) is 0 Å². The van der Waals surface area contributed by atoms with Crippen LogP contribution in [0, 0.1) is 5.92 Å². The third-order valence-corrected chi connectivity index (χ3v) is 5.06. The molecule has 1 fully saturated rings. The molecular formula is C12H23N5O2S. The summed E-state index contributed by atoms with van der Waals surface area (Å²) in [6.45, 7) is 5.14. The Bertz CT molecular complexity index is 520. The van der Waals surface area contributed by atoms with E-state index in [-0.39, 0.29) is 0 Å². The van der Waals surface area contributed by atoms with Crippen LogP contribution in [0.4, 0.5) is 5.82 Å². The van der Waals surface area contributed by atoms with Crippen LogP contribution in [-0.2, 0) is 17.3 Å². The molecule has 0 aromatic carbocycles. The largest absolute Gasteiger partial charge is 0.317 e. The Labute approximate surface area is 120 Å². The van der Waals surface area contributed by atoms with Crippen LogP contribution in [0.3, 0.4) is 0 Å². The van der Waals surface area contributed by atoms with Gasteiger partial charge in [0, 0.05) is 32.4 Å². The summed E-state index contributed by atoms with van der Waals surface area (Å²) in [4.78, 5) is 0. The molecule has 0 spiro atoms. The van der Waals surface area contributed by atoms with E-state index in [2.05, 4.69) is 22.1 Å². The van der Waals surface area contributed by atoms with Crippen LogP contribution in [-0.4, -0.2) is 48.7 Å². The topological polar surface area (TPSA) is 79.3 Å². The third kappa shape index (κ3) is 3.94. The highest BCUT2D eigenvalue weighted by Gasteiger charge is 2.28. The summed E-state index contributed by atoms with van der Waals surface area (Å²) < 4.78 is 30.1. The van der Waals surface area contributed by atoms with Crippen LogP contribution in [0.2, 0.25) is 0 Å². The van der Waals surface area contributed by atoms with Crippen molar-refractivity contribution in [2.45, 2.75) is 19.8 Å². The molecule has 114 valence electrons. The monoisotopic (exact) mass is 301 g/mol. The molecule has 0 aliphatic carbocycles. The van der Waals surface area contributed by atoms with Crippen LogP contribution in [0.1, 0.15) is 19.8 Å². The van der Waals surface area contributed by atoms with Gasteiger partial charge in [0.2, 0.25) is 0 Å². The second-order valence-corrected chi connectivity index (χ2v) is 6.80. The molecule has 2 N–H and O–H groups in total. The van der Waals surface area contributed by atoms with Gasteiger partial charge in [-0.3, -0.25) is 9.40 Å². The molecule has 2 heterocycles. The minimum Gasteiger partial charge on any atom is -0.317 e. The van der Waals surface area contributed by atoms with Gasteiger partial charge in [0.15, 0.2) is 5.82 Å². The minimum atomic E-state index is -3.48. The molecule has 1 aromatic heterocycles. The van der Waals surface area contributed by atoms with Gasteiger partial charge in [-0.2, -0.15) is 17.8 Å². The van der Waals surface area contributed by atoms with Crippen molar-refractivity contribution >= 4 is 16.0 Å². The average molecular weight is 301 g/mol. The molecule has 1 aliphatic rings. The lowest BCUT2D eigenvalue weighted by Crippen LogP contribution is -2.43. The van der Waals surface area contributed by atoms with E-state index in [1.165, 1.54) is 4.31 Å². The zero-order valence-corrected chi connectivity index (χ0v) is 12.9. The van der Waals surface area contributed by atoms with Gasteiger partial charge in [0.25, 0.3) is 0 Å². The standard InChI is InChI=1S/C12H23N5O2S/c1-3-13-10-11-4-8-17(9-5-11)20(18,19)15-12-6-7-16(2)14-12/h6-7,11,13H,3-5,8-10H2,1-2H3,(H,14,15). The third-order valence-electron chi connectivity index (χ3n) is 3.54. The number of rotatable bonds is 6. The van der Waals surface area contributed by atoms with E-state index in [9.17, 15) is 8.42 Å². The normalized spacial score (nSPS) is 18.3. The fourth-order valence-corrected chi connectivity index (χ4v) is 3.56. The molecule has 0 atom stereocenters. The van der Waals surface area contributed by atoms with E-state index in [0.29, 0.717) is 24.8 Å². The molecule has 8 heteroatoms. The average Bonchev–Trinajstić information content (AvgIpc) is 2.81. The number of aryl methyl sites for hydroxylation is 1. The van der Waals surface area contributed by atoms with Gasteiger partial charge in [-0.05, 0) is 31.8 Å². The minimum absolute atomic E-state index is 0.363. The Morgan fingerprint density at radius 1 is 1.40 bits per heavy atom. The smallest absolute Gasteiger partial charge is 0.302 e. The summed E-state index contributed by atoms with van der Waals surface area (Å²) in [5.74, 6) is 0.929. The zero-order chi connectivity index (χ0) is 14.6. The molecule has 2 rings (SSSR count). The number of hydrogen-bond acceptors (Lipinski definition) is 4. The first-order valence-corrected chi connectivity index (χ1v) is 8.43. The van der Waals surface area contributed by atoms with Crippen molar-refractivity contribution in [3.8, 4) is 0 Å². The molecule has 7 nitrogen and oxygen atoms in total. The summed E-state index contributed by atoms with van der Waals surface area (Å²) in [6.07, 6.45) is 3.51. The summed E-state index contributed by atoms with van der Waals surface area (Å²) in [5, 5.41) is 7.35. The predicted molar refractivity (Wildman–Crippen MR) is 78.6 cm³/mol. The zero-order valence-electron chi connectivity index (χ0n) is 12.0. The van der Waals surface area contributed by atoms with Crippen LogP contribution in [0.15, 0.2) is 12.3 Å². The van der Waals surface area contributed by atoms with Gasteiger partial charge in [-0.25, -0.2) is 0 Å². The Balaban J connectivity index is 1.88. The molecule has 1 aromatic rings. The van der Waals surface area contributed by atoms with Crippen molar-refractivity contribution in [2.75, 3.05) is 30.9 Å². The maximum absolute atomic E-state index is 12.2. The van der Waals surface area contributed by atoms with Crippen LogP contribution in [0.25, 0.3) is 0 Å². The SMILES string of the molecule is CCNCC1CCN(S(=O)(=O)Nc2ccn(C)n2)CC1. The van der Waals surface area contributed by atoms with Crippen molar-refractivity contribution in [2.24, 2.45) is 13.0 Å². The molecule has 0 saturated carbocycles. The quantitative estimate of drug-likeness (QED) is 0.797. The lowest BCUT2D eigenvalue weighted by molar-refractivity contribution is 0.269. The first-order chi connectivity index (χ1) is 9.51. The van der Waals surface area contributed by atoms with E-state index in [1.54, 1.807) is 24.0 Å². The van der Waals surface area contributed by atoms with Crippen molar-refractivity contribution in [1.29, 1.82) is 0 Å². The molecular weight excluding hydrogens is 278 g/mol. The summed E-state index contributed by atoms with van der Waals surface area (Å²) in [6, 6.07) is 1.65. The van der Waals surface area contributed by atoms with E-state index in [1.807, 2.05) is 0 Å². The van der Waals surface area contributed by atoms with Gasteiger partial charge in [0.05, 0.1) is 0 Å². The first-order valence-electron chi connectivity index (χ1n) is 6.99. The number of anilines is 1. The van der Waals surface area contributed by atoms with E-state index >= 15 is 0 Å². The Morgan fingerprint density at radius 2 is 2.10 bits per heavy atom. The maximum Gasteiger partial charge on any atom is 0.302 e. The molecule has 0 amide bonds. The molecule has 20 heavy (non-hydrogen) atoms. The van der Waals surface area contributed by atoms with Crippen molar-refractivity contribution in [3.63, 3.8) is 0 Å². The molecule has 1 saturated heterocycles. The van der Waals surface area contributed by atoms with Crippen molar-refractivity contribution in [3.05, 3.63) is 12.3 Å². The predicted octanol–water partition coefficient (Wildman–Crippen LogP) is 0.398. The van der Waals surface area contributed by atoms with E-state index in [0.717, 1.165) is 25.9 Å². The highest BCUT2D eigenvalue weighted by Crippen LogP contribution is 2.20. The number of nitrogens with zero attached hydrogens (tertiary/aromatic N) is 3. The summed E-state index contributed by atoms with van der Waals surface area (Å²) in [7, 11) is -1.73. The van der Waals surface area contributed by atoms with Crippen LogP contribution >= 0.6 is 0 Å².